The van der Waals surface area contributed by atoms with E-state index in [0.29, 0.717) is 11.8 Å². The van der Waals surface area contributed by atoms with Gasteiger partial charge in [0.25, 0.3) is 0 Å². The molecule has 2 nitrogen and oxygen atoms in total. The number of allylic oxidation sites excluding steroid dienone is 1. The molecular weight excluding hydrogens is 220 g/mol. The first kappa shape index (κ1) is 14.6. The SMILES string of the molecule is CC(C)=Cc1ccc(N)c(C(C)CC(C)C)c1N. The summed E-state index contributed by atoms with van der Waals surface area (Å²) in [7, 11) is 0. The zero-order valence-corrected chi connectivity index (χ0v) is 12.2. The van der Waals surface area contributed by atoms with Crippen LogP contribution in [0.2, 0.25) is 0 Å². The minimum Gasteiger partial charge on any atom is -0.398 e. The van der Waals surface area contributed by atoms with E-state index < -0.39 is 0 Å². The minimum atomic E-state index is 0.399. The third-order valence-corrected chi connectivity index (χ3v) is 3.12. The topological polar surface area (TPSA) is 52.0 Å². The molecule has 1 aromatic rings. The number of hydrogen-bond donors (Lipinski definition) is 2. The molecule has 0 saturated carbocycles. The highest BCUT2D eigenvalue weighted by molar-refractivity contribution is 5.75. The summed E-state index contributed by atoms with van der Waals surface area (Å²) in [5.41, 5.74) is 17.5. The Hall–Kier alpha value is -1.44. The number of rotatable bonds is 4. The average molecular weight is 246 g/mol. The molecule has 0 amide bonds. The lowest BCUT2D eigenvalue weighted by Gasteiger charge is -2.20. The van der Waals surface area contributed by atoms with Gasteiger partial charge in [-0.15, -0.1) is 0 Å². The van der Waals surface area contributed by atoms with Crippen molar-refractivity contribution in [3.63, 3.8) is 0 Å². The summed E-state index contributed by atoms with van der Waals surface area (Å²) >= 11 is 0. The van der Waals surface area contributed by atoms with Crippen LogP contribution in [-0.2, 0) is 0 Å². The fourth-order valence-corrected chi connectivity index (χ4v) is 2.48. The van der Waals surface area contributed by atoms with Gasteiger partial charge in [0.1, 0.15) is 0 Å². The normalized spacial score (nSPS) is 12.6. The second kappa shape index (κ2) is 5.94. The molecule has 0 saturated heterocycles. The Morgan fingerprint density at radius 1 is 1.17 bits per heavy atom. The maximum absolute atomic E-state index is 6.28. The number of nitrogens with two attached hydrogens (primary N) is 2. The second-order valence-electron chi connectivity index (χ2n) is 5.82. The third kappa shape index (κ3) is 3.52. The van der Waals surface area contributed by atoms with E-state index in [1.807, 2.05) is 12.1 Å². The molecule has 4 N–H and O–H groups in total. The minimum absolute atomic E-state index is 0.399. The molecule has 0 aliphatic heterocycles. The molecule has 100 valence electrons. The van der Waals surface area contributed by atoms with E-state index in [2.05, 4.69) is 40.7 Å². The van der Waals surface area contributed by atoms with Gasteiger partial charge < -0.3 is 11.5 Å². The molecule has 18 heavy (non-hydrogen) atoms. The molecular formula is C16H26N2. The van der Waals surface area contributed by atoms with E-state index in [0.717, 1.165) is 28.9 Å². The van der Waals surface area contributed by atoms with Crippen molar-refractivity contribution in [3.8, 4) is 0 Å². The number of anilines is 2. The monoisotopic (exact) mass is 246 g/mol. The predicted octanol–water partition coefficient (Wildman–Crippen LogP) is 4.42. The fourth-order valence-electron chi connectivity index (χ4n) is 2.48. The quantitative estimate of drug-likeness (QED) is 0.772. The summed E-state index contributed by atoms with van der Waals surface area (Å²) in [5.74, 6) is 1.04. The molecule has 1 unspecified atom stereocenters. The van der Waals surface area contributed by atoms with Crippen molar-refractivity contribution in [1.82, 2.24) is 0 Å². The van der Waals surface area contributed by atoms with Crippen molar-refractivity contribution in [1.29, 1.82) is 0 Å². The van der Waals surface area contributed by atoms with Crippen molar-refractivity contribution in [2.75, 3.05) is 11.5 Å². The largest absolute Gasteiger partial charge is 0.398 e. The van der Waals surface area contributed by atoms with Gasteiger partial charge in [-0.3, -0.25) is 0 Å². The predicted molar refractivity (Wildman–Crippen MR) is 82.5 cm³/mol. The summed E-state index contributed by atoms with van der Waals surface area (Å²) in [6, 6.07) is 3.97. The van der Waals surface area contributed by atoms with Gasteiger partial charge in [0.05, 0.1) is 0 Å². The van der Waals surface area contributed by atoms with Crippen LogP contribution in [0.15, 0.2) is 17.7 Å². The van der Waals surface area contributed by atoms with Gasteiger partial charge in [-0.25, -0.2) is 0 Å². The van der Waals surface area contributed by atoms with Crippen LogP contribution in [0.25, 0.3) is 6.08 Å². The Labute approximate surface area is 111 Å². The van der Waals surface area contributed by atoms with Gasteiger partial charge in [0.15, 0.2) is 0 Å². The van der Waals surface area contributed by atoms with Gasteiger partial charge >= 0.3 is 0 Å². The molecule has 0 fully saturated rings. The van der Waals surface area contributed by atoms with Gasteiger partial charge in [-0.05, 0) is 43.7 Å². The standard InChI is InChI=1S/C16H26N2/c1-10(2)8-12(5)15-14(17)7-6-13(16(15)18)9-11(3)4/h6-7,9-10,12H,8,17-18H2,1-5H3. The Morgan fingerprint density at radius 2 is 1.78 bits per heavy atom. The molecule has 0 heterocycles. The van der Waals surface area contributed by atoms with Crippen LogP contribution in [0.3, 0.4) is 0 Å². The highest BCUT2D eigenvalue weighted by atomic mass is 14.6. The molecule has 0 spiro atoms. The maximum Gasteiger partial charge on any atom is 0.0443 e. The number of hydrogen-bond acceptors (Lipinski definition) is 2. The first-order valence-electron chi connectivity index (χ1n) is 6.65. The molecule has 0 aliphatic carbocycles. The Kier molecular flexibility index (Phi) is 4.83. The summed E-state index contributed by atoms with van der Waals surface area (Å²) < 4.78 is 0. The van der Waals surface area contributed by atoms with Crippen molar-refractivity contribution < 1.29 is 0 Å². The average Bonchev–Trinajstić information content (AvgIpc) is 2.21. The van der Waals surface area contributed by atoms with E-state index in [4.69, 9.17) is 11.5 Å². The Bertz CT molecular complexity index is 441. The highest BCUT2D eigenvalue weighted by Gasteiger charge is 2.16. The van der Waals surface area contributed by atoms with Crippen LogP contribution in [0.1, 0.15) is 58.1 Å². The lowest BCUT2D eigenvalue weighted by molar-refractivity contribution is 0.525. The first-order chi connectivity index (χ1) is 8.32. The van der Waals surface area contributed by atoms with Crippen LogP contribution in [0.5, 0.6) is 0 Å². The third-order valence-electron chi connectivity index (χ3n) is 3.12. The van der Waals surface area contributed by atoms with Crippen LogP contribution in [-0.4, -0.2) is 0 Å². The number of nitrogen functional groups attached to an aromatic ring is 2. The Morgan fingerprint density at radius 3 is 2.28 bits per heavy atom. The van der Waals surface area contributed by atoms with Gasteiger partial charge in [0.2, 0.25) is 0 Å². The lowest BCUT2D eigenvalue weighted by atomic mass is 9.88. The van der Waals surface area contributed by atoms with E-state index in [-0.39, 0.29) is 0 Å². The van der Waals surface area contributed by atoms with E-state index >= 15 is 0 Å². The molecule has 1 rings (SSSR count). The van der Waals surface area contributed by atoms with Crippen molar-refractivity contribution in [2.24, 2.45) is 5.92 Å². The molecule has 0 aliphatic rings. The number of benzene rings is 1. The summed E-state index contributed by atoms with van der Waals surface area (Å²) in [6.45, 7) is 10.8. The Balaban J connectivity index is 3.22. The molecule has 0 bridgehead atoms. The van der Waals surface area contributed by atoms with E-state index in [1.165, 1.54) is 5.57 Å². The fraction of sp³-hybridized carbons (Fsp3) is 0.500. The molecule has 1 aromatic carbocycles. The van der Waals surface area contributed by atoms with Crippen molar-refractivity contribution in [3.05, 3.63) is 28.8 Å². The van der Waals surface area contributed by atoms with Crippen molar-refractivity contribution in [2.45, 2.75) is 47.0 Å². The van der Waals surface area contributed by atoms with Crippen LogP contribution in [0.4, 0.5) is 11.4 Å². The second-order valence-corrected chi connectivity index (χ2v) is 5.82. The van der Waals surface area contributed by atoms with Crippen LogP contribution in [0, 0.1) is 5.92 Å². The zero-order valence-electron chi connectivity index (χ0n) is 12.2. The van der Waals surface area contributed by atoms with E-state index in [1.54, 1.807) is 0 Å². The molecule has 0 radical (unpaired) electrons. The van der Waals surface area contributed by atoms with E-state index in [9.17, 15) is 0 Å². The molecule has 0 aromatic heterocycles. The smallest absolute Gasteiger partial charge is 0.0443 e. The highest BCUT2D eigenvalue weighted by Crippen LogP contribution is 2.35. The van der Waals surface area contributed by atoms with Crippen molar-refractivity contribution >= 4 is 17.5 Å². The van der Waals surface area contributed by atoms with Gasteiger partial charge in [0, 0.05) is 16.9 Å². The summed E-state index contributed by atoms with van der Waals surface area (Å²) in [6.07, 6.45) is 3.22. The summed E-state index contributed by atoms with van der Waals surface area (Å²) in [5, 5.41) is 0. The zero-order chi connectivity index (χ0) is 13.9. The molecule has 1 atom stereocenters. The van der Waals surface area contributed by atoms with Crippen LogP contribution >= 0.6 is 0 Å². The first-order valence-corrected chi connectivity index (χ1v) is 6.65. The van der Waals surface area contributed by atoms with Crippen LogP contribution < -0.4 is 11.5 Å². The summed E-state index contributed by atoms with van der Waals surface area (Å²) in [4.78, 5) is 0. The molecule has 2 heteroatoms. The van der Waals surface area contributed by atoms with Gasteiger partial charge in [-0.1, -0.05) is 38.5 Å². The lowest BCUT2D eigenvalue weighted by Crippen LogP contribution is -2.08. The maximum atomic E-state index is 6.28. The van der Waals surface area contributed by atoms with Gasteiger partial charge in [-0.2, -0.15) is 0 Å².